The molecular formula is C20H20N6O2. The third-order valence-corrected chi connectivity index (χ3v) is 4.30. The van der Waals surface area contributed by atoms with Crippen molar-refractivity contribution < 1.29 is 9.47 Å². The van der Waals surface area contributed by atoms with E-state index in [-0.39, 0.29) is 0 Å². The van der Waals surface area contributed by atoms with E-state index in [1.807, 2.05) is 55.6 Å². The van der Waals surface area contributed by atoms with Crippen LogP contribution in [0.1, 0.15) is 0 Å². The van der Waals surface area contributed by atoms with Crippen LogP contribution in [0.2, 0.25) is 0 Å². The molecule has 0 unspecified atom stereocenters. The summed E-state index contributed by atoms with van der Waals surface area (Å²) in [5, 5.41) is 11.5. The summed E-state index contributed by atoms with van der Waals surface area (Å²) in [6, 6.07) is 15.4. The van der Waals surface area contributed by atoms with E-state index in [0.717, 1.165) is 22.4 Å². The molecule has 8 heteroatoms. The van der Waals surface area contributed by atoms with Crippen molar-refractivity contribution in [2.24, 2.45) is 7.05 Å². The fourth-order valence-electron chi connectivity index (χ4n) is 2.88. The molecule has 142 valence electrons. The molecule has 0 aliphatic carbocycles. The molecule has 0 bridgehead atoms. The lowest BCUT2D eigenvalue weighted by molar-refractivity contribution is 0.356. The predicted octanol–water partition coefficient (Wildman–Crippen LogP) is 3.87. The molecule has 0 spiro atoms. The Balaban J connectivity index is 1.85. The van der Waals surface area contributed by atoms with Crippen LogP contribution in [0.4, 0.5) is 23.3 Å². The highest BCUT2D eigenvalue weighted by Crippen LogP contribution is 2.35. The normalized spacial score (nSPS) is 10.7. The summed E-state index contributed by atoms with van der Waals surface area (Å²) in [6.07, 6.45) is 1.71. The molecule has 8 nitrogen and oxygen atoms in total. The number of methoxy groups -OCH3 is 2. The highest BCUT2D eigenvalue weighted by atomic mass is 16.5. The molecule has 0 saturated carbocycles. The highest BCUT2D eigenvalue weighted by Gasteiger charge is 2.14. The lowest BCUT2D eigenvalue weighted by atomic mass is 10.2. The van der Waals surface area contributed by atoms with Gasteiger partial charge in [-0.05, 0) is 18.2 Å². The largest absolute Gasteiger partial charge is 0.493 e. The molecule has 2 aromatic heterocycles. The number of benzene rings is 2. The summed E-state index contributed by atoms with van der Waals surface area (Å²) >= 11 is 0. The van der Waals surface area contributed by atoms with Gasteiger partial charge < -0.3 is 20.1 Å². The quantitative estimate of drug-likeness (QED) is 0.528. The maximum atomic E-state index is 5.45. The van der Waals surface area contributed by atoms with E-state index in [1.54, 1.807) is 25.1 Å². The zero-order valence-electron chi connectivity index (χ0n) is 15.8. The monoisotopic (exact) mass is 376 g/mol. The number of hydrogen-bond acceptors (Lipinski definition) is 7. The number of nitrogens with zero attached hydrogens (tertiary/aromatic N) is 4. The Morgan fingerprint density at radius 3 is 2.32 bits per heavy atom. The second-order valence-corrected chi connectivity index (χ2v) is 6.08. The average Bonchev–Trinajstić information content (AvgIpc) is 3.12. The van der Waals surface area contributed by atoms with Crippen molar-refractivity contribution in [2.45, 2.75) is 0 Å². The maximum Gasteiger partial charge on any atom is 0.230 e. The van der Waals surface area contributed by atoms with E-state index < -0.39 is 0 Å². The minimum Gasteiger partial charge on any atom is -0.493 e. The summed E-state index contributed by atoms with van der Waals surface area (Å²) < 4.78 is 12.6. The number of anilines is 4. The van der Waals surface area contributed by atoms with E-state index in [9.17, 15) is 0 Å². The summed E-state index contributed by atoms with van der Waals surface area (Å²) in [6.45, 7) is 0. The molecule has 2 heterocycles. The van der Waals surface area contributed by atoms with Gasteiger partial charge in [-0.3, -0.25) is 4.68 Å². The van der Waals surface area contributed by atoms with Crippen molar-refractivity contribution in [1.82, 2.24) is 19.7 Å². The molecule has 0 aliphatic heterocycles. The first kappa shape index (κ1) is 17.6. The standard InChI is InChI=1S/C20H20N6O2/c1-26-18(9-10-21-26)24-20-23-15-12-17(28-3)16(27-2)11-14(15)19(25-20)22-13-7-5-4-6-8-13/h4-12H,1-3H3,(H2,22,23,24,25). The lowest BCUT2D eigenvalue weighted by Gasteiger charge is -2.14. The maximum absolute atomic E-state index is 5.45. The first-order valence-electron chi connectivity index (χ1n) is 8.69. The fraction of sp³-hybridized carbons (Fsp3) is 0.150. The van der Waals surface area contributed by atoms with Gasteiger partial charge in [-0.1, -0.05) is 18.2 Å². The topological polar surface area (TPSA) is 86.1 Å². The minimum absolute atomic E-state index is 0.446. The van der Waals surface area contributed by atoms with Crippen LogP contribution in [0.25, 0.3) is 10.9 Å². The summed E-state index contributed by atoms with van der Waals surface area (Å²) in [4.78, 5) is 9.31. The minimum atomic E-state index is 0.446. The lowest BCUT2D eigenvalue weighted by Crippen LogP contribution is -2.05. The summed E-state index contributed by atoms with van der Waals surface area (Å²) in [5.74, 6) is 3.10. The Morgan fingerprint density at radius 2 is 1.64 bits per heavy atom. The van der Waals surface area contributed by atoms with Crippen molar-refractivity contribution in [1.29, 1.82) is 0 Å². The molecule has 0 aliphatic rings. The van der Waals surface area contributed by atoms with Crippen molar-refractivity contribution in [3.63, 3.8) is 0 Å². The van der Waals surface area contributed by atoms with Crippen LogP contribution in [-0.2, 0) is 7.05 Å². The van der Waals surface area contributed by atoms with Crippen molar-refractivity contribution in [2.75, 3.05) is 24.9 Å². The van der Waals surface area contributed by atoms with Crippen LogP contribution in [0.3, 0.4) is 0 Å². The number of hydrogen-bond donors (Lipinski definition) is 2. The third-order valence-electron chi connectivity index (χ3n) is 4.30. The number of aromatic nitrogens is 4. The fourth-order valence-corrected chi connectivity index (χ4v) is 2.88. The van der Waals surface area contributed by atoms with E-state index in [2.05, 4.69) is 25.7 Å². The Kier molecular flexibility index (Phi) is 4.67. The van der Waals surface area contributed by atoms with Gasteiger partial charge in [0.15, 0.2) is 11.5 Å². The van der Waals surface area contributed by atoms with Crippen LogP contribution in [0.5, 0.6) is 11.5 Å². The van der Waals surface area contributed by atoms with Crippen molar-refractivity contribution in [3.8, 4) is 11.5 Å². The molecule has 0 atom stereocenters. The molecule has 4 rings (SSSR count). The van der Waals surface area contributed by atoms with E-state index in [4.69, 9.17) is 9.47 Å². The second kappa shape index (κ2) is 7.43. The molecule has 0 radical (unpaired) electrons. The van der Waals surface area contributed by atoms with E-state index in [0.29, 0.717) is 23.3 Å². The molecule has 2 N–H and O–H groups in total. The van der Waals surface area contributed by atoms with Crippen LogP contribution in [-0.4, -0.2) is 34.0 Å². The molecule has 0 saturated heterocycles. The summed E-state index contributed by atoms with van der Waals surface area (Å²) in [7, 11) is 5.05. The van der Waals surface area contributed by atoms with Crippen LogP contribution in [0.15, 0.2) is 54.7 Å². The molecule has 28 heavy (non-hydrogen) atoms. The number of ether oxygens (including phenoxy) is 2. The Hall–Kier alpha value is -3.81. The highest BCUT2D eigenvalue weighted by molar-refractivity contribution is 5.94. The number of nitrogens with one attached hydrogen (secondary N) is 2. The Bertz CT molecular complexity index is 1110. The average molecular weight is 376 g/mol. The Labute approximate surface area is 162 Å². The van der Waals surface area contributed by atoms with Gasteiger partial charge in [-0.2, -0.15) is 10.1 Å². The Morgan fingerprint density at radius 1 is 0.893 bits per heavy atom. The van der Waals surface area contributed by atoms with Crippen LogP contribution in [0, 0.1) is 0 Å². The van der Waals surface area contributed by atoms with Gasteiger partial charge >= 0.3 is 0 Å². The first-order valence-corrected chi connectivity index (χ1v) is 8.69. The predicted molar refractivity (Wildman–Crippen MR) is 109 cm³/mol. The number of aryl methyl sites for hydroxylation is 1. The van der Waals surface area contributed by atoms with E-state index in [1.165, 1.54) is 0 Å². The number of fused-ring (bicyclic) bond motifs is 1. The van der Waals surface area contributed by atoms with Gasteiger partial charge in [0.05, 0.1) is 25.9 Å². The van der Waals surface area contributed by atoms with Gasteiger partial charge in [-0.15, -0.1) is 0 Å². The molecule has 4 aromatic rings. The summed E-state index contributed by atoms with van der Waals surface area (Å²) in [5.41, 5.74) is 1.64. The van der Waals surface area contributed by atoms with Crippen LogP contribution < -0.4 is 20.1 Å². The zero-order valence-corrected chi connectivity index (χ0v) is 15.8. The van der Waals surface area contributed by atoms with Gasteiger partial charge in [0.1, 0.15) is 11.6 Å². The van der Waals surface area contributed by atoms with Gasteiger partial charge in [0.25, 0.3) is 0 Å². The SMILES string of the molecule is COc1cc2nc(Nc3ccnn3C)nc(Nc3ccccc3)c2cc1OC. The molecule has 2 aromatic carbocycles. The number of para-hydroxylation sites is 1. The van der Waals surface area contributed by atoms with Gasteiger partial charge in [0.2, 0.25) is 5.95 Å². The first-order chi connectivity index (χ1) is 13.7. The zero-order chi connectivity index (χ0) is 19.5. The van der Waals surface area contributed by atoms with Crippen molar-refractivity contribution >= 4 is 34.2 Å². The second-order valence-electron chi connectivity index (χ2n) is 6.08. The third kappa shape index (κ3) is 3.39. The number of rotatable bonds is 6. The van der Waals surface area contributed by atoms with Gasteiger partial charge in [-0.25, -0.2) is 4.98 Å². The molecule has 0 amide bonds. The molecular weight excluding hydrogens is 356 g/mol. The van der Waals surface area contributed by atoms with E-state index >= 15 is 0 Å². The molecule has 0 fully saturated rings. The van der Waals surface area contributed by atoms with Crippen molar-refractivity contribution in [3.05, 3.63) is 54.7 Å². The van der Waals surface area contributed by atoms with Gasteiger partial charge in [0, 0.05) is 30.3 Å². The van der Waals surface area contributed by atoms with Crippen LogP contribution >= 0.6 is 0 Å². The smallest absolute Gasteiger partial charge is 0.230 e.